The molecule has 0 unspecified atom stereocenters. The maximum atomic E-state index is 12.1. The Morgan fingerprint density at radius 3 is 2.70 bits per heavy atom. The number of aryl methyl sites for hydroxylation is 1. The number of hydrogen-bond donors (Lipinski definition) is 1. The van der Waals surface area contributed by atoms with Crippen LogP contribution < -0.4 is 5.32 Å². The predicted octanol–water partition coefficient (Wildman–Crippen LogP) is 2.97. The van der Waals surface area contributed by atoms with Crippen LogP contribution in [0.5, 0.6) is 0 Å². The molecule has 2 aromatic carbocycles. The summed E-state index contributed by atoms with van der Waals surface area (Å²) >= 11 is 1.30. The minimum absolute atomic E-state index is 0.0309. The summed E-state index contributed by atoms with van der Waals surface area (Å²) in [4.78, 5) is 16.6. The average Bonchev–Trinajstić information content (AvgIpc) is 2.99. The molecule has 6 nitrogen and oxygen atoms in total. The third kappa shape index (κ3) is 3.78. The molecule has 0 aliphatic heterocycles. The van der Waals surface area contributed by atoms with Gasteiger partial charge in [-0.1, -0.05) is 60.3 Å². The van der Waals surface area contributed by atoms with E-state index in [-0.39, 0.29) is 11.7 Å². The summed E-state index contributed by atoms with van der Waals surface area (Å²) < 4.78 is 2.00. The highest BCUT2D eigenvalue weighted by molar-refractivity contribution is 7.99. The van der Waals surface area contributed by atoms with Crippen LogP contribution >= 0.6 is 11.8 Å². The van der Waals surface area contributed by atoms with Crippen molar-refractivity contribution in [1.82, 2.24) is 25.1 Å². The Bertz CT molecular complexity index is 1090. The van der Waals surface area contributed by atoms with Gasteiger partial charge in [0.15, 0.2) is 5.65 Å². The number of rotatable bonds is 6. The van der Waals surface area contributed by atoms with E-state index >= 15 is 0 Å². The second-order valence-electron chi connectivity index (χ2n) is 6.22. The van der Waals surface area contributed by atoms with Crippen molar-refractivity contribution in [1.29, 1.82) is 0 Å². The lowest BCUT2D eigenvalue weighted by atomic mass is 10.1. The van der Waals surface area contributed by atoms with Gasteiger partial charge < -0.3 is 9.88 Å². The molecule has 136 valence electrons. The first kappa shape index (κ1) is 17.5. The highest BCUT2D eigenvalue weighted by atomic mass is 32.2. The molecule has 4 rings (SSSR count). The molecule has 0 atom stereocenters. The van der Waals surface area contributed by atoms with Gasteiger partial charge in [0.05, 0.1) is 11.3 Å². The van der Waals surface area contributed by atoms with E-state index in [1.54, 1.807) is 0 Å². The standard InChI is InChI=1S/C20H19N5OS/c1-25-16-10-6-5-9-15(16)18-19(25)22-20(24-23-18)27-13-17(26)21-12-11-14-7-3-2-4-8-14/h2-10H,11-13H2,1H3,(H,21,26). The van der Waals surface area contributed by atoms with Crippen LogP contribution in [0.1, 0.15) is 5.56 Å². The fourth-order valence-corrected chi connectivity index (χ4v) is 3.64. The number of carbonyl (C=O) groups is 1. The summed E-state index contributed by atoms with van der Waals surface area (Å²) in [7, 11) is 1.96. The van der Waals surface area contributed by atoms with Gasteiger partial charge in [-0.3, -0.25) is 4.79 Å². The van der Waals surface area contributed by atoms with Crippen LogP contribution in [-0.2, 0) is 18.3 Å². The first-order chi connectivity index (χ1) is 13.2. The average molecular weight is 377 g/mol. The lowest BCUT2D eigenvalue weighted by Crippen LogP contribution is -2.27. The molecule has 1 N–H and O–H groups in total. The van der Waals surface area contributed by atoms with Gasteiger partial charge in [0.25, 0.3) is 0 Å². The monoisotopic (exact) mass is 377 g/mol. The molecule has 27 heavy (non-hydrogen) atoms. The Morgan fingerprint density at radius 1 is 1.07 bits per heavy atom. The lowest BCUT2D eigenvalue weighted by Gasteiger charge is -2.05. The van der Waals surface area contributed by atoms with Gasteiger partial charge in [-0.25, -0.2) is 4.98 Å². The van der Waals surface area contributed by atoms with Crippen molar-refractivity contribution in [2.75, 3.05) is 12.3 Å². The molecule has 0 saturated carbocycles. The van der Waals surface area contributed by atoms with Crippen LogP contribution in [0.2, 0.25) is 0 Å². The predicted molar refractivity (Wildman–Crippen MR) is 108 cm³/mol. The van der Waals surface area contributed by atoms with E-state index < -0.39 is 0 Å². The van der Waals surface area contributed by atoms with Gasteiger partial charge in [-0.2, -0.15) is 0 Å². The zero-order valence-electron chi connectivity index (χ0n) is 14.9. The molecule has 0 aliphatic carbocycles. The van der Waals surface area contributed by atoms with E-state index in [9.17, 15) is 4.79 Å². The van der Waals surface area contributed by atoms with Crippen molar-refractivity contribution >= 4 is 39.7 Å². The van der Waals surface area contributed by atoms with Crippen molar-refractivity contribution in [2.45, 2.75) is 11.6 Å². The number of carbonyl (C=O) groups excluding carboxylic acids is 1. The normalized spacial score (nSPS) is 11.1. The van der Waals surface area contributed by atoms with Crippen LogP contribution in [0.25, 0.3) is 22.1 Å². The van der Waals surface area contributed by atoms with Gasteiger partial charge in [-0.15, -0.1) is 10.2 Å². The van der Waals surface area contributed by atoms with E-state index in [0.29, 0.717) is 11.7 Å². The van der Waals surface area contributed by atoms with Crippen LogP contribution in [0.15, 0.2) is 59.8 Å². The molecule has 0 aliphatic rings. The van der Waals surface area contributed by atoms with Crippen LogP contribution in [0.4, 0.5) is 0 Å². The number of thioether (sulfide) groups is 1. The topological polar surface area (TPSA) is 72.7 Å². The van der Waals surface area contributed by atoms with E-state index in [1.165, 1.54) is 17.3 Å². The minimum atomic E-state index is -0.0309. The number of benzene rings is 2. The van der Waals surface area contributed by atoms with Gasteiger partial charge in [0.2, 0.25) is 11.1 Å². The maximum absolute atomic E-state index is 12.1. The molecule has 7 heteroatoms. The summed E-state index contributed by atoms with van der Waals surface area (Å²) in [5.74, 6) is 0.239. The first-order valence-electron chi connectivity index (χ1n) is 8.73. The fraction of sp³-hybridized carbons (Fsp3) is 0.200. The first-order valence-corrected chi connectivity index (χ1v) is 9.72. The zero-order chi connectivity index (χ0) is 18.6. The van der Waals surface area contributed by atoms with Crippen LogP contribution in [0.3, 0.4) is 0 Å². The number of fused-ring (bicyclic) bond motifs is 3. The maximum Gasteiger partial charge on any atom is 0.230 e. The van der Waals surface area contributed by atoms with E-state index in [2.05, 4.69) is 32.6 Å². The van der Waals surface area contributed by atoms with Crippen molar-refractivity contribution < 1.29 is 4.79 Å². The second-order valence-corrected chi connectivity index (χ2v) is 7.16. The Balaban J connectivity index is 1.38. The van der Waals surface area contributed by atoms with Gasteiger partial charge >= 0.3 is 0 Å². The Morgan fingerprint density at radius 2 is 1.85 bits per heavy atom. The van der Waals surface area contributed by atoms with Gasteiger partial charge in [-0.05, 0) is 18.1 Å². The number of aromatic nitrogens is 4. The molecular weight excluding hydrogens is 358 g/mol. The number of nitrogens with one attached hydrogen (secondary N) is 1. The number of para-hydroxylation sites is 1. The molecule has 0 fully saturated rings. The van der Waals surface area contributed by atoms with E-state index in [1.807, 2.05) is 54.1 Å². The number of amides is 1. The number of hydrogen-bond acceptors (Lipinski definition) is 5. The third-order valence-electron chi connectivity index (χ3n) is 4.40. The molecule has 0 bridgehead atoms. The smallest absolute Gasteiger partial charge is 0.230 e. The van der Waals surface area contributed by atoms with E-state index in [0.717, 1.165) is 28.5 Å². The minimum Gasteiger partial charge on any atom is -0.355 e. The summed E-state index contributed by atoms with van der Waals surface area (Å²) in [5, 5.41) is 13.0. The SMILES string of the molecule is Cn1c2ccccc2c2nnc(SCC(=O)NCCc3ccccc3)nc21. The highest BCUT2D eigenvalue weighted by Gasteiger charge is 2.13. The molecule has 1 amide bonds. The Labute approximate surface area is 161 Å². The molecule has 0 saturated heterocycles. The van der Waals surface area contributed by atoms with Crippen molar-refractivity contribution in [3.8, 4) is 0 Å². The Kier molecular flexibility index (Phi) is 5.02. The van der Waals surface area contributed by atoms with Crippen LogP contribution in [0, 0.1) is 0 Å². The molecular formula is C20H19N5OS. The Hall–Kier alpha value is -2.93. The van der Waals surface area contributed by atoms with Crippen molar-refractivity contribution in [3.05, 3.63) is 60.2 Å². The fourth-order valence-electron chi connectivity index (χ4n) is 3.03. The van der Waals surface area contributed by atoms with Gasteiger partial charge in [0.1, 0.15) is 5.52 Å². The quantitative estimate of drug-likeness (QED) is 0.523. The zero-order valence-corrected chi connectivity index (χ0v) is 15.7. The van der Waals surface area contributed by atoms with Crippen molar-refractivity contribution in [3.63, 3.8) is 0 Å². The van der Waals surface area contributed by atoms with Crippen LogP contribution in [-0.4, -0.2) is 38.0 Å². The lowest BCUT2D eigenvalue weighted by molar-refractivity contribution is -0.118. The largest absolute Gasteiger partial charge is 0.355 e. The molecule has 2 aromatic heterocycles. The van der Waals surface area contributed by atoms with Crippen molar-refractivity contribution in [2.24, 2.45) is 7.05 Å². The summed E-state index contributed by atoms with van der Waals surface area (Å²) in [6, 6.07) is 18.1. The molecule has 4 aromatic rings. The molecule has 0 radical (unpaired) electrons. The summed E-state index contributed by atoms with van der Waals surface area (Å²) in [6.45, 7) is 0.616. The molecule has 0 spiro atoms. The van der Waals surface area contributed by atoms with E-state index in [4.69, 9.17) is 0 Å². The van der Waals surface area contributed by atoms with Gasteiger partial charge in [0, 0.05) is 19.0 Å². The summed E-state index contributed by atoms with van der Waals surface area (Å²) in [5.41, 5.74) is 3.83. The third-order valence-corrected chi connectivity index (χ3v) is 5.24. The number of nitrogens with zero attached hydrogens (tertiary/aromatic N) is 4. The second kappa shape index (κ2) is 7.75. The highest BCUT2D eigenvalue weighted by Crippen LogP contribution is 2.25. The molecule has 2 heterocycles. The summed E-state index contributed by atoms with van der Waals surface area (Å²) in [6.07, 6.45) is 0.817.